The molecule has 1 saturated heterocycles. The Labute approximate surface area is 209 Å². The number of nitrogens with zero attached hydrogens (tertiary/aromatic N) is 2. The number of amides is 1. The highest BCUT2D eigenvalue weighted by Gasteiger charge is 2.35. The zero-order valence-electron chi connectivity index (χ0n) is 19.7. The van der Waals surface area contributed by atoms with Gasteiger partial charge in [-0.1, -0.05) is 25.3 Å². The number of likely N-dealkylation sites (tertiary alicyclic amines) is 1. The number of piperidine rings is 1. The van der Waals surface area contributed by atoms with Gasteiger partial charge in [-0.15, -0.1) is 24.0 Å². The van der Waals surface area contributed by atoms with Gasteiger partial charge < -0.3 is 25.4 Å². The highest BCUT2D eigenvalue weighted by molar-refractivity contribution is 14.0. The third-order valence-electron chi connectivity index (χ3n) is 6.91. The number of ether oxygens (including phenoxy) is 2. The average Bonchev–Trinajstić information content (AvgIpc) is 2.79. The predicted octanol–water partition coefficient (Wildman–Crippen LogP) is 3.69. The van der Waals surface area contributed by atoms with Gasteiger partial charge in [-0.05, 0) is 49.3 Å². The summed E-state index contributed by atoms with van der Waals surface area (Å²) in [5, 5.41) is 3.68. The first-order chi connectivity index (χ1) is 15.0. The lowest BCUT2D eigenvalue weighted by Gasteiger charge is -2.40. The molecular formula is C24H39IN4O3. The van der Waals surface area contributed by atoms with E-state index in [1.54, 1.807) is 14.2 Å². The molecule has 8 heteroatoms. The number of rotatable bonds is 7. The van der Waals surface area contributed by atoms with Gasteiger partial charge in [0.1, 0.15) is 0 Å². The van der Waals surface area contributed by atoms with E-state index < -0.39 is 0 Å². The smallest absolute Gasteiger partial charge is 0.217 e. The van der Waals surface area contributed by atoms with Gasteiger partial charge in [0.2, 0.25) is 5.91 Å². The molecule has 7 nitrogen and oxygen atoms in total. The van der Waals surface area contributed by atoms with Crippen molar-refractivity contribution in [3.63, 3.8) is 0 Å². The second-order valence-corrected chi connectivity index (χ2v) is 8.94. The first-order valence-electron chi connectivity index (χ1n) is 11.5. The van der Waals surface area contributed by atoms with Crippen molar-refractivity contribution in [2.45, 2.75) is 56.8 Å². The normalized spacial score (nSPS) is 20.8. The fourth-order valence-electron chi connectivity index (χ4n) is 5.25. The number of hydrogen-bond acceptors (Lipinski definition) is 4. The minimum absolute atomic E-state index is 0. The molecule has 1 heterocycles. The number of primary amides is 1. The van der Waals surface area contributed by atoms with Gasteiger partial charge in [0, 0.05) is 38.5 Å². The molecule has 1 saturated carbocycles. The van der Waals surface area contributed by atoms with Crippen LogP contribution in [0.4, 0.5) is 0 Å². The van der Waals surface area contributed by atoms with Crippen LogP contribution in [-0.2, 0) is 10.2 Å². The fourth-order valence-corrected chi connectivity index (χ4v) is 5.25. The summed E-state index contributed by atoms with van der Waals surface area (Å²) in [6.45, 7) is 2.61. The molecule has 3 N–H and O–H groups in total. The molecular weight excluding hydrogens is 519 g/mol. The first-order valence-corrected chi connectivity index (χ1v) is 11.5. The van der Waals surface area contributed by atoms with Gasteiger partial charge >= 0.3 is 0 Å². The number of carbonyl (C=O) groups is 1. The monoisotopic (exact) mass is 558 g/mol. The number of benzene rings is 1. The zero-order chi connectivity index (χ0) is 22.3. The van der Waals surface area contributed by atoms with Crippen LogP contribution in [0.3, 0.4) is 0 Å². The zero-order valence-corrected chi connectivity index (χ0v) is 22.0. The first kappa shape index (κ1) is 26.5. The number of hydrogen-bond donors (Lipinski definition) is 2. The van der Waals surface area contributed by atoms with E-state index in [1.807, 2.05) is 13.1 Å². The third-order valence-corrected chi connectivity index (χ3v) is 6.91. The van der Waals surface area contributed by atoms with Crippen molar-refractivity contribution in [3.05, 3.63) is 23.8 Å². The summed E-state index contributed by atoms with van der Waals surface area (Å²) in [7, 11) is 5.20. The van der Waals surface area contributed by atoms with E-state index in [9.17, 15) is 4.79 Å². The minimum Gasteiger partial charge on any atom is -0.493 e. The van der Waals surface area contributed by atoms with E-state index in [4.69, 9.17) is 15.2 Å². The molecule has 0 aromatic heterocycles. The Kier molecular flexibility index (Phi) is 10.4. The van der Waals surface area contributed by atoms with Crippen LogP contribution in [0.25, 0.3) is 0 Å². The Balaban J connectivity index is 0.00000363. The van der Waals surface area contributed by atoms with Crippen LogP contribution in [0.1, 0.15) is 56.9 Å². The van der Waals surface area contributed by atoms with Crippen molar-refractivity contribution < 1.29 is 14.3 Å². The van der Waals surface area contributed by atoms with Crippen molar-refractivity contribution in [1.29, 1.82) is 0 Å². The van der Waals surface area contributed by atoms with Gasteiger partial charge in [-0.3, -0.25) is 9.79 Å². The summed E-state index contributed by atoms with van der Waals surface area (Å²) in [6, 6.07) is 6.33. The molecule has 2 fully saturated rings. The van der Waals surface area contributed by atoms with Crippen molar-refractivity contribution >= 4 is 35.8 Å². The van der Waals surface area contributed by atoms with Gasteiger partial charge in [0.15, 0.2) is 17.5 Å². The number of nitrogens with one attached hydrogen (secondary N) is 1. The number of methoxy groups -OCH3 is 2. The summed E-state index contributed by atoms with van der Waals surface area (Å²) in [5.74, 6) is 2.54. The second kappa shape index (κ2) is 12.5. The number of halogens is 1. The molecule has 0 radical (unpaired) electrons. The van der Waals surface area contributed by atoms with Crippen LogP contribution in [0.15, 0.2) is 23.2 Å². The second-order valence-electron chi connectivity index (χ2n) is 8.94. The van der Waals surface area contributed by atoms with Gasteiger partial charge in [-0.25, -0.2) is 0 Å². The Bertz CT molecular complexity index is 781. The molecule has 1 atom stereocenters. The predicted molar refractivity (Wildman–Crippen MR) is 139 cm³/mol. The summed E-state index contributed by atoms with van der Waals surface area (Å²) >= 11 is 0. The number of aliphatic imine (C=N–C) groups is 1. The van der Waals surface area contributed by atoms with E-state index in [2.05, 4.69) is 27.3 Å². The van der Waals surface area contributed by atoms with Crippen LogP contribution in [-0.4, -0.2) is 57.7 Å². The molecule has 180 valence electrons. The standard InChI is InChI=1S/C24H38N4O3.HI/c1-26-23(28-13-7-8-18(16-28)14-22(25)29)27-17-24(11-5-4-6-12-24)19-9-10-20(30-2)21(15-19)31-3;/h9-10,15,18H,4-8,11-14,16-17H2,1-3H3,(H2,25,29)(H,26,27);1H. The Hall–Kier alpha value is -1.71. The molecule has 3 rings (SSSR count). The summed E-state index contributed by atoms with van der Waals surface area (Å²) < 4.78 is 11.0. The minimum atomic E-state index is -0.218. The third kappa shape index (κ3) is 6.42. The lowest BCUT2D eigenvalue weighted by molar-refractivity contribution is -0.119. The quantitative estimate of drug-likeness (QED) is 0.303. The molecule has 2 aliphatic rings. The molecule has 0 bridgehead atoms. The molecule has 0 spiro atoms. The van der Waals surface area contributed by atoms with Crippen molar-refractivity contribution in [2.24, 2.45) is 16.6 Å². The largest absolute Gasteiger partial charge is 0.493 e. The fraction of sp³-hybridized carbons (Fsp3) is 0.667. The van der Waals surface area contributed by atoms with E-state index >= 15 is 0 Å². The Morgan fingerprint density at radius 2 is 1.91 bits per heavy atom. The molecule has 1 unspecified atom stereocenters. The Morgan fingerprint density at radius 1 is 1.19 bits per heavy atom. The van der Waals surface area contributed by atoms with Crippen LogP contribution >= 0.6 is 24.0 Å². The van der Waals surface area contributed by atoms with Crippen LogP contribution in [0, 0.1) is 5.92 Å². The van der Waals surface area contributed by atoms with Gasteiger partial charge in [0.05, 0.1) is 14.2 Å². The molecule has 1 aromatic rings. The molecule has 1 aliphatic carbocycles. The molecule has 1 aliphatic heterocycles. The van der Waals surface area contributed by atoms with Crippen molar-refractivity contribution in [1.82, 2.24) is 10.2 Å². The lowest BCUT2D eigenvalue weighted by atomic mass is 9.69. The average molecular weight is 559 g/mol. The summed E-state index contributed by atoms with van der Waals surface area (Å²) in [4.78, 5) is 18.2. The summed E-state index contributed by atoms with van der Waals surface area (Å²) in [6.07, 6.45) is 8.55. The number of nitrogens with two attached hydrogens (primary N) is 1. The molecule has 1 aromatic carbocycles. The summed E-state index contributed by atoms with van der Waals surface area (Å²) in [5.41, 5.74) is 6.76. The van der Waals surface area contributed by atoms with E-state index in [0.29, 0.717) is 12.3 Å². The van der Waals surface area contributed by atoms with Crippen LogP contribution in [0.2, 0.25) is 0 Å². The Morgan fingerprint density at radius 3 is 2.53 bits per heavy atom. The number of guanidine groups is 1. The maximum atomic E-state index is 11.4. The van der Waals surface area contributed by atoms with Crippen LogP contribution < -0.4 is 20.5 Å². The topological polar surface area (TPSA) is 89.2 Å². The van der Waals surface area contributed by atoms with Crippen molar-refractivity contribution in [3.8, 4) is 11.5 Å². The van der Waals surface area contributed by atoms with Crippen LogP contribution in [0.5, 0.6) is 11.5 Å². The van der Waals surface area contributed by atoms with Gasteiger partial charge in [-0.2, -0.15) is 0 Å². The highest BCUT2D eigenvalue weighted by atomic mass is 127. The SMILES string of the molecule is CN=C(NCC1(c2ccc(OC)c(OC)c2)CCCCC1)N1CCCC(CC(N)=O)C1.I. The molecule has 32 heavy (non-hydrogen) atoms. The van der Waals surface area contributed by atoms with Crippen molar-refractivity contribution in [2.75, 3.05) is 40.9 Å². The lowest BCUT2D eigenvalue weighted by Crippen LogP contribution is -2.51. The van der Waals surface area contributed by atoms with E-state index in [1.165, 1.54) is 24.8 Å². The maximum Gasteiger partial charge on any atom is 0.217 e. The molecule has 1 amide bonds. The highest BCUT2D eigenvalue weighted by Crippen LogP contribution is 2.42. The van der Waals surface area contributed by atoms with Gasteiger partial charge in [0.25, 0.3) is 0 Å². The maximum absolute atomic E-state index is 11.4. The van der Waals surface area contributed by atoms with E-state index in [0.717, 1.165) is 62.8 Å². The van der Waals surface area contributed by atoms with E-state index in [-0.39, 0.29) is 35.3 Å². The number of carbonyl (C=O) groups excluding carboxylic acids is 1.